The van der Waals surface area contributed by atoms with E-state index in [0.29, 0.717) is 30.6 Å². The van der Waals surface area contributed by atoms with E-state index in [-0.39, 0.29) is 23.1 Å². The first kappa shape index (κ1) is 18.0. The fraction of sp³-hybridized carbons (Fsp3) is 0.588. The van der Waals surface area contributed by atoms with Gasteiger partial charge < -0.3 is 10.1 Å². The van der Waals surface area contributed by atoms with Crippen molar-refractivity contribution in [1.29, 1.82) is 0 Å². The van der Waals surface area contributed by atoms with Crippen molar-refractivity contribution in [1.82, 2.24) is 14.1 Å². The number of hydrogen-bond acceptors (Lipinski definition) is 3. The van der Waals surface area contributed by atoms with Crippen LogP contribution in [-0.2, 0) is 18.4 Å². The highest BCUT2D eigenvalue weighted by molar-refractivity contribution is 5.71. The molecule has 24 heavy (non-hydrogen) atoms. The third kappa shape index (κ3) is 3.44. The number of hydrogen-bond donors (Lipinski definition) is 2. The zero-order valence-corrected chi connectivity index (χ0v) is 14.4. The zero-order chi connectivity index (χ0) is 17.9. The van der Waals surface area contributed by atoms with Crippen molar-refractivity contribution < 1.29 is 9.90 Å². The molecule has 0 saturated heterocycles. The highest BCUT2D eigenvalue weighted by Crippen LogP contribution is 2.30. The predicted molar refractivity (Wildman–Crippen MR) is 92.2 cm³/mol. The van der Waals surface area contributed by atoms with Crippen LogP contribution >= 0.6 is 0 Å². The van der Waals surface area contributed by atoms with Gasteiger partial charge in [-0.25, -0.2) is 4.79 Å². The molecule has 0 radical (unpaired) electrons. The summed E-state index contributed by atoms with van der Waals surface area (Å²) < 4.78 is 3.12. The quantitative estimate of drug-likeness (QED) is 0.896. The molecule has 3 rings (SSSR count). The molecule has 0 amide bonds. The molecular formula is C17H25N3O4. The summed E-state index contributed by atoms with van der Waals surface area (Å²) in [6.45, 7) is 4.52. The Balaban J connectivity index is 0.00000100. The van der Waals surface area contributed by atoms with Gasteiger partial charge in [-0.15, -0.1) is 0 Å². The topological polar surface area (TPSA) is 97.1 Å². The van der Waals surface area contributed by atoms with Crippen LogP contribution in [0.2, 0.25) is 0 Å². The molecule has 2 aromatic heterocycles. The minimum absolute atomic E-state index is 0.155. The van der Waals surface area contributed by atoms with Crippen LogP contribution in [0.1, 0.15) is 39.5 Å². The standard InChI is InChI=1S/C15H19N3O4.C2H6/c1-17-11-6-7-12(19)16-13(11)18(15(17)22)8-9-2-4-10(5-3-9)14(20)21;1-2/h6-7,9-10H,2-5,8H2,1H3,(H,16,19)(H,20,21);1-2H3. The predicted octanol–water partition coefficient (Wildman–Crippen LogP) is 1.95. The van der Waals surface area contributed by atoms with Gasteiger partial charge in [0.05, 0.1) is 11.4 Å². The molecule has 0 spiro atoms. The first-order valence-electron chi connectivity index (χ1n) is 8.48. The molecule has 1 saturated carbocycles. The second-order valence-corrected chi connectivity index (χ2v) is 6.06. The summed E-state index contributed by atoms with van der Waals surface area (Å²) in [5.74, 6) is -0.729. The van der Waals surface area contributed by atoms with Crippen molar-refractivity contribution in [3.05, 3.63) is 33.0 Å². The van der Waals surface area contributed by atoms with Crippen LogP contribution in [0.15, 0.2) is 21.7 Å². The normalized spacial score (nSPS) is 20.5. The average molecular weight is 335 g/mol. The van der Waals surface area contributed by atoms with E-state index in [1.54, 1.807) is 17.7 Å². The van der Waals surface area contributed by atoms with Crippen LogP contribution in [0.25, 0.3) is 11.2 Å². The Bertz CT molecular complexity index is 822. The van der Waals surface area contributed by atoms with Crippen molar-refractivity contribution in [3.63, 3.8) is 0 Å². The van der Waals surface area contributed by atoms with Gasteiger partial charge in [0.1, 0.15) is 5.65 Å². The summed E-state index contributed by atoms with van der Waals surface area (Å²) in [4.78, 5) is 37.6. The molecule has 2 heterocycles. The van der Waals surface area contributed by atoms with Gasteiger partial charge in [0.15, 0.2) is 0 Å². The molecule has 1 aliphatic carbocycles. The van der Waals surface area contributed by atoms with Gasteiger partial charge in [-0.1, -0.05) is 13.8 Å². The molecule has 1 aliphatic rings. The Morgan fingerprint density at radius 1 is 1.21 bits per heavy atom. The van der Waals surface area contributed by atoms with E-state index in [1.807, 2.05) is 13.8 Å². The number of nitrogens with one attached hydrogen (secondary N) is 1. The monoisotopic (exact) mass is 335 g/mol. The van der Waals surface area contributed by atoms with E-state index in [1.165, 1.54) is 10.6 Å². The van der Waals surface area contributed by atoms with E-state index < -0.39 is 5.97 Å². The number of aromatic amines is 1. The summed E-state index contributed by atoms with van der Waals surface area (Å²) in [5, 5.41) is 9.04. The number of nitrogens with zero attached hydrogens (tertiary/aromatic N) is 2. The average Bonchev–Trinajstić information content (AvgIpc) is 2.81. The van der Waals surface area contributed by atoms with Crippen LogP contribution in [-0.4, -0.2) is 25.2 Å². The van der Waals surface area contributed by atoms with Crippen molar-refractivity contribution in [3.8, 4) is 0 Å². The van der Waals surface area contributed by atoms with Crippen LogP contribution in [0, 0.1) is 11.8 Å². The summed E-state index contributed by atoms with van der Waals surface area (Å²) in [7, 11) is 1.68. The lowest BCUT2D eigenvalue weighted by atomic mass is 9.82. The Hall–Kier alpha value is -2.31. The number of rotatable bonds is 3. The summed E-state index contributed by atoms with van der Waals surface area (Å²) >= 11 is 0. The van der Waals surface area contributed by atoms with Crippen molar-refractivity contribution in [2.24, 2.45) is 18.9 Å². The molecule has 132 valence electrons. The van der Waals surface area contributed by atoms with E-state index in [4.69, 9.17) is 5.11 Å². The van der Waals surface area contributed by atoms with Crippen LogP contribution < -0.4 is 11.2 Å². The van der Waals surface area contributed by atoms with Crippen LogP contribution in [0.4, 0.5) is 0 Å². The van der Waals surface area contributed by atoms with Crippen molar-refractivity contribution in [2.75, 3.05) is 0 Å². The second-order valence-electron chi connectivity index (χ2n) is 6.06. The summed E-state index contributed by atoms with van der Waals surface area (Å²) in [5.41, 5.74) is 0.850. The molecule has 2 N–H and O–H groups in total. The van der Waals surface area contributed by atoms with E-state index in [0.717, 1.165) is 12.8 Å². The molecule has 0 aliphatic heterocycles. The number of carboxylic acids is 1. The Labute approximate surface area is 139 Å². The van der Waals surface area contributed by atoms with Gasteiger partial charge in [-0.2, -0.15) is 0 Å². The number of carboxylic acid groups (broad SMARTS) is 1. The Morgan fingerprint density at radius 2 is 1.83 bits per heavy atom. The van der Waals surface area contributed by atoms with E-state index in [2.05, 4.69) is 4.98 Å². The number of pyridine rings is 1. The molecular weight excluding hydrogens is 310 g/mol. The molecule has 2 aromatic rings. The molecule has 7 nitrogen and oxygen atoms in total. The van der Waals surface area contributed by atoms with E-state index in [9.17, 15) is 14.4 Å². The third-order valence-corrected chi connectivity index (χ3v) is 4.66. The molecule has 0 aromatic carbocycles. The molecule has 0 unspecified atom stereocenters. The maximum Gasteiger partial charge on any atom is 0.330 e. The van der Waals surface area contributed by atoms with Gasteiger partial charge in [-0.3, -0.25) is 18.7 Å². The lowest BCUT2D eigenvalue weighted by Gasteiger charge is -2.26. The number of aromatic nitrogens is 3. The largest absolute Gasteiger partial charge is 0.481 e. The minimum Gasteiger partial charge on any atom is -0.481 e. The smallest absolute Gasteiger partial charge is 0.330 e. The SMILES string of the molecule is CC.Cn1c(=O)n(CC2CCC(C(=O)O)CC2)c2[nH]c(=O)ccc21. The summed E-state index contributed by atoms with van der Waals surface area (Å²) in [6.07, 6.45) is 2.87. The number of carbonyl (C=O) groups is 1. The highest BCUT2D eigenvalue weighted by Gasteiger charge is 2.27. The van der Waals surface area contributed by atoms with Gasteiger partial charge in [-0.05, 0) is 37.7 Å². The number of aryl methyl sites for hydroxylation is 1. The summed E-state index contributed by atoms with van der Waals surface area (Å²) in [6, 6.07) is 3.05. The highest BCUT2D eigenvalue weighted by atomic mass is 16.4. The fourth-order valence-corrected chi connectivity index (χ4v) is 3.33. The van der Waals surface area contributed by atoms with Gasteiger partial charge >= 0.3 is 11.7 Å². The lowest BCUT2D eigenvalue weighted by Crippen LogP contribution is -2.29. The Morgan fingerprint density at radius 3 is 2.42 bits per heavy atom. The van der Waals surface area contributed by atoms with Crippen LogP contribution in [0.3, 0.4) is 0 Å². The molecule has 0 bridgehead atoms. The molecule has 0 atom stereocenters. The first-order chi connectivity index (χ1) is 11.5. The Kier molecular flexibility index (Phi) is 5.64. The van der Waals surface area contributed by atoms with E-state index >= 15 is 0 Å². The molecule has 7 heteroatoms. The number of aliphatic carboxylic acids is 1. The van der Waals surface area contributed by atoms with Crippen LogP contribution in [0.5, 0.6) is 0 Å². The second kappa shape index (κ2) is 7.51. The van der Waals surface area contributed by atoms with Gasteiger partial charge in [0.25, 0.3) is 0 Å². The minimum atomic E-state index is -0.731. The fourth-order valence-electron chi connectivity index (χ4n) is 3.33. The maximum absolute atomic E-state index is 12.4. The third-order valence-electron chi connectivity index (χ3n) is 4.66. The maximum atomic E-state index is 12.4. The number of imidazole rings is 1. The van der Waals surface area contributed by atoms with Gasteiger partial charge in [0, 0.05) is 19.7 Å². The number of fused-ring (bicyclic) bond motifs is 1. The molecule has 1 fully saturated rings. The first-order valence-corrected chi connectivity index (χ1v) is 8.48. The van der Waals surface area contributed by atoms with Gasteiger partial charge in [0.2, 0.25) is 5.56 Å². The van der Waals surface area contributed by atoms with Crippen molar-refractivity contribution >= 4 is 17.1 Å². The lowest BCUT2D eigenvalue weighted by molar-refractivity contribution is -0.143. The zero-order valence-electron chi connectivity index (χ0n) is 14.4. The number of H-pyrrole nitrogens is 1. The van der Waals surface area contributed by atoms with Crippen molar-refractivity contribution in [2.45, 2.75) is 46.1 Å².